The molecule has 0 aromatic carbocycles. The molecule has 0 bridgehead atoms. The minimum absolute atomic E-state index is 0.708. The van der Waals surface area contributed by atoms with Crippen LogP contribution in [0.5, 0.6) is 11.5 Å². The number of hydrogen-bond donors (Lipinski definition) is 0. The number of methoxy groups -OCH3 is 1. The highest BCUT2D eigenvalue weighted by molar-refractivity contribution is 5.41. The van der Waals surface area contributed by atoms with Crippen molar-refractivity contribution in [3.8, 4) is 11.5 Å². The Morgan fingerprint density at radius 1 is 1.46 bits per heavy atom. The molecule has 0 saturated heterocycles. The summed E-state index contributed by atoms with van der Waals surface area (Å²) in [5, 5.41) is 0. The maximum absolute atomic E-state index is 5.49. The molecule has 3 nitrogen and oxygen atoms in total. The summed E-state index contributed by atoms with van der Waals surface area (Å²) in [7, 11) is 1.63. The third-order valence-corrected chi connectivity index (χ3v) is 1.71. The van der Waals surface area contributed by atoms with Gasteiger partial charge in [-0.05, 0) is 13.3 Å². The van der Waals surface area contributed by atoms with Crippen molar-refractivity contribution in [1.29, 1.82) is 0 Å². The molecule has 0 aliphatic carbocycles. The van der Waals surface area contributed by atoms with Gasteiger partial charge in [0.2, 0.25) is 0 Å². The van der Waals surface area contributed by atoms with Crippen LogP contribution in [0.15, 0.2) is 12.3 Å². The molecule has 0 radical (unpaired) electrons. The van der Waals surface area contributed by atoms with E-state index in [1.807, 2.05) is 13.0 Å². The standard InChI is InChI=1S/C10H15NO2/c1-4-7-13-9-5-6-11-8(2)10(9)12-3/h5-6H,4,7H2,1-3H3. The van der Waals surface area contributed by atoms with E-state index in [9.17, 15) is 0 Å². The van der Waals surface area contributed by atoms with Crippen LogP contribution in [0.2, 0.25) is 0 Å². The van der Waals surface area contributed by atoms with Gasteiger partial charge in [-0.3, -0.25) is 4.98 Å². The molecule has 0 fully saturated rings. The van der Waals surface area contributed by atoms with Crippen molar-refractivity contribution in [3.05, 3.63) is 18.0 Å². The molecule has 0 amide bonds. The first-order chi connectivity index (χ1) is 6.29. The number of aryl methyl sites for hydroxylation is 1. The van der Waals surface area contributed by atoms with Crippen LogP contribution >= 0.6 is 0 Å². The normalized spacial score (nSPS) is 9.77. The van der Waals surface area contributed by atoms with Crippen molar-refractivity contribution >= 4 is 0 Å². The van der Waals surface area contributed by atoms with Gasteiger partial charge >= 0.3 is 0 Å². The second-order valence-corrected chi connectivity index (χ2v) is 2.78. The van der Waals surface area contributed by atoms with Gasteiger partial charge < -0.3 is 9.47 Å². The molecule has 3 heteroatoms. The SMILES string of the molecule is CCCOc1ccnc(C)c1OC. The molecular weight excluding hydrogens is 166 g/mol. The van der Waals surface area contributed by atoms with Gasteiger partial charge in [-0.2, -0.15) is 0 Å². The van der Waals surface area contributed by atoms with Crippen molar-refractivity contribution in [2.75, 3.05) is 13.7 Å². The van der Waals surface area contributed by atoms with Gasteiger partial charge in [0.25, 0.3) is 0 Å². The molecule has 1 heterocycles. The van der Waals surface area contributed by atoms with Crippen molar-refractivity contribution in [3.63, 3.8) is 0 Å². The summed E-state index contributed by atoms with van der Waals surface area (Å²) in [6, 6.07) is 1.82. The van der Waals surface area contributed by atoms with E-state index in [1.54, 1.807) is 13.3 Å². The number of rotatable bonds is 4. The van der Waals surface area contributed by atoms with Gasteiger partial charge in [-0.25, -0.2) is 0 Å². The van der Waals surface area contributed by atoms with Gasteiger partial charge in [0, 0.05) is 12.3 Å². The zero-order valence-electron chi connectivity index (χ0n) is 8.33. The molecule has 0 N–H and O–H groups in total. The predicted molar refractivity (Wildman–Crippen MR) is 51.3 cm³/mol. The molecule has 0 spiro atoms. The topological polar surface area (TPSA) is 31.4 Å². The van der Waals surface area contributed by atoms with Crippen molar-refractivity contribution in [1.82, 2.24) is 4.98 Å². The quantitative estimate of drug-likeness (QED) is 0.713. The van der Waals surface area contributed by atoms with E-state index in [0.29, 0.717) is 6.61 Å². The van der Waals surface area contributed by atoms with Gasteiger partial charge in [0.15, 0.2) is 11.5 Å². The molecule has 0 aliphatic heterocycles. The summed E-state index contributed by atoms with van der Waals surface area (Å²) in [6.45, 7) is 4.68. The maximum Gasteiger partial charge on any atom is 0.182 e. The predicted octanol–water partition coefficient (Wildman–Crippen LogP) is 2.19. The van der Waals surface area contributed by atoms with E-state index in [2.05, 4.69) is 11.9 Å². The van der Waals surface area contributed by atoms with E-state index in [0.717, 1.165) is 23.6 Å². The minimum Gasteiger partial charge on any atom is -0.491 e. The molecule has 0 saturated carbocycles. The molecule has 1 rings (SSSR count). The van der Waals surface area contributed by atoms with E-state index in [4.69, 9.17) is 9.47 Å². The fraction of sp³-hybridized carbons (Fsp3) is 0.500. The largest absolute Gasteiger partial charge is 0.491 e. The average molecular weight is 181 g/mol. The smallest absolute Gasteiger partial charge is 0.182 e. The van der Waals surface area contributed by atoms with Crippen molar-refractivity contribution in [2.45, 2.75) is 20.3 Å². The Bertz CT molecular complexity index is 274. The van der Waals surface area contributed by atoms with Gasteiger partial charge in [0.05, 0.1) is 19.4 Å². The number of pyridine rings is 1. The van der Waals surface area contributed by atoms with Crippen LogP contribution in [0.3, 0.4) is 0 Å². The van der Waals surface area contributed by atoms with E-state index in [1.165, 1.54) is 0 Å². The van der Waals surface area contributed by atoms with E-state index >= 15 is 0 Å². The Kier molecular flexibility index (Phi) is 3.55. The first kappa shape index (κ1) is 9.84. The molecule has 0 unspecified atom stereocenters. The van der Waals surface area contributed by atoms with Crippen LogP contribution in [-0.4, -0.2) is 18.7 Å². The van der Waals surface area contributed by atoms with E-state index in [-0.39, 0.29) is 0 Å². The lowest BCUT2D eigenvalue weighted by Gasteiger charge is -2.10. The zero-order valence-corrected chi connectivity index (χ0v) is 8.33. The van der Waals surface area contributed by atoms with Gasteiger partial charge in [-0.1, -0.05) is 6.92 Å². The Morgan fingerprint density at radius 3 is 2.85 bits per heavy atom. The summed E-state index contributed by atoms with van der Waals surface area (Å²) in [5.74, 6) is 1.51. The van der Waals surface area contributed by atoms with Crippen LogP contribution in [0.1, 0.15) is 19.0 Å². The summed E-state index contributed by atoms with van der Waals surface area (Å²) < 4.78 is 10.7. The third kappa shape index (κ3) is 2.34. The monoisotopic (exact) mass is 181 g/mol. The second-order valence-electron chi connectivity index (χ2n) is 2.78. The van der Waals surface area contributed by atoms with Crippen molar-refractivity contribution in [2.24, 2.45) is 0 Å². The maximum atomic E-state index is 5.49. The lowest BCUT2D eigenvalue weighted by molar-refractivity contribution is 0.292. The first-order valence-electron chi connectivity index (χ1n) is 4.42. The number of aromatic nitrogens is 1. The Morgan fingerprint density at radius 2 is 2.23 bits per heavy atom. The van der Waals surface area contributed by atoms with Crippen molar-refractivity contribution < 1.29 is 9.47 Å². The Balaban J connectivity index is 2.85. The van der Waals surface area contributed by atoms with Crippen LogP contribution in [0.25, 0.3) is 0 Å². The Hall–Kier alpha value is -1.25. The summed E-state index contributed by atoms with van der Waals surface area (Å²) in [4.78, 5) is 4.11. The van der Waals surface area contributed by atoms with Crippen LogP contribution in [0, 0.1) is 6.92 Å². The summed E-state index contributed by atoms with van der Waals surface area (Å²) >= 11 is 0. The van der Waals surface area contributed by atoms with Crippen LogP contribution < -0.4 is 9.47 Å². The first-order valence-corrected chi connectivity index (χ1v) is 4.42. The van der Waals surface area contributed by atoms with Gasteiger partial charge in [-0.15, -0.1) is 0 Å². The average Bonchev–Trinajstić information content (AvgIpc) is 2.15. The second kappa shape index (κ2) is 4.70. The molecule has 1 aromatic heterocycles. The summed E-state index contributed by atoms with van der Waals surface area (Å²) in [5.41, 5.74) is 0.858. The summed E-state index contributed by atoms with van der Waals surface area (Å²) in [6.07, 6.45) is 2.72. The Labute approximate surface area is 78.7 Å². The van der Waals surface area contributed by atoms with Gasteiger partial charge in [0.1, 0.15) is 0 Å². The highest BCUT2D eigenvalue weighted by Gasteiger charge is 2.06. The van der Waals surface area contributed by atoms with Crippen LogP contribution in [-0.2, 0) is 0 Å². The lowest BCUT2D eigenvalue weighted by atomic mass is 10.3. The highest BCUT2D eigenvalue weighted by Crippen LogP contribution is 2.28. The number of hydrogen-bond acceptors (Lipinski definition) is 3. The zero-order chi connectivity index (χ0) is 9.68. The molecule has 13 heavy (non-hydrogen) atoms. The molecule has 0 aliphatic rings. The third-order valence-electron chi connectivity index (χ3n) is 1.71. The lowest BCUT2D eigenvalue weighted by Crippen LogP contribution is -1.99. The number of nitrogens with zero attached hydrogens (tertiary/aromatic N) is 1. The van der Waals surface area contributed by atoms with Crippen LogP contribution in [0.4, 0.5) is 0 Å². The fourth-order valence-corrected chi connectivity index (χ4v) is 1.10. The molecular formula is C10H15NO2. The minimum atomic E-state index is 0.708. The molecule has 0 atom stereocenters. The number of ether oxygens (including phenoxy) is 2. The highest BCUT2D eigenvalue weighted by atomic mass is 16.5. The van der Waals surface area contributed by atoms with E-state index < -0.39 is 0 Å². The fourth-order valence-electron chi connectivity index (χ4n) is 1.10. The molecule has 1 aromatic rings. The molecule has 72 valence electrons.